The zero-order chi connectivity index (χ0) is 20.8. The van der Waals surface area contributed by atoms with E-state index >= 15 is 0 Å². The van der Waals surface area contributed by atoms with Crippen molar-refractivity contribution in [2.24, 2.45) is 0 Å². The number of nitrogens with zero attached hydrogens (tertiary/aromatic N) is 4. The molecule has 0 spiro atoms. The van der Waals surface area contributed by atoms with Gasteiger partial charge in [-0.2, -0.15) is 0 Å². The molecule has 0 fully saturated rings. The molecule has 2 aromatic carbocycles. The monoisotopic (exact) mass is 415 g/mol. The van der Waals surface area contributed by atoms with Gasteiger partial charge in [-0.15, -0.1) is 10.2 Å². The highest BCUT2D eigenvalue weighted by atomic mass is 32.2. The van der Waals surface area contributed by atoms with Crippen molar-refractivity contribution in [3.63, 3.8) is 0 Å². The SMILES string of the molecule is CCn1c(SCC(=O)Nc2ccccc2-c2ccccc2)nnc1-c1ccncc1. The van der Waals surface area contributed by atoms with Crippen LogP contribution in [0.15, 0.2) is 84.3 Å². The second-order valence-corrected chi connectivity index (χ2v) is 7.48. The number of aromatic nitrogens is 4. The molecule has 0 radical (unpaired) electrons. The first-order valence-corrected chi connectivity index (χ1v) is 10.7. The largest absolute Gasteiger partial charge is 0.325 e. The summed E-state index contributed by atoms with van der Waals surface area (Å²) in [5, 5.41) is 12.3. The molecule has 0 bridgehead atoms. The summed E-state index contributed by atoms with van der Waals surface area (Å²) in [6, 6.07) is 21.6. The minimum absolute atomic E-state index is 0.0838. The number of amides is 1. The van der Waals surface area contributed by atoms with E-state index in [0.717, 1.165) is 33.4 Å². The molecule has 0 saturated heterocycles. The molecule has 0 saturated carbocycles. The number of hydrogen-bond donors (Lipinski definition) is 1. The van der Waals surface area contributed by atoms with Gasteiger partial charge in [-0.1, -0.05) is 60.3 Å². The maximum absolute atomic E-state index is 12.6. The average Bonchev–Trinajstić information content (AvgIpc) is 3.22. The number of benzene rings is 2. The third kappa shape index (κ3) is 4.41. The van der Waals surface area contributed by atoms with E-state index in [1.807, 2.05) is 78.2 Å². The van der Waals surface area contributed by atoms with Crippen molar-refractivity contribution in [1.82, 2.24) is 19.7 Å². The van der Waals surface area contributed by atoms with Crippen LogP contribution >= 0.6 is 11.8 Å². The Morgan fingerprint density at radius 1 is 0.933 bits per heavy atom. The number of carbonyl (C=O) groups is 1. The predicted octanol–water partition coefficient (Wildman–Crippen LogP) is 4.76. The van der Waals surface area contributed by atoms with Crippen LogP contribution in [0, 0.1) is 0 Å². The smallest absolute Gasteiger partial charge is 0.234 e. The topological polar surface area (TPSA) is 72.7 Å². The van der Waals surface area contributed by atoms with Crippen molar-refractivity contribution < 1.29 is 4.79 Å². The van der Waals surface area contributed by atoms with E-state index in [4.69, 9.17) is 0 Å². The summed E-state index contributed by atoms with van der Waals surface area (Å²) in [5.41, 5.74) is 3.80. The molecule has 6 nitrogen and oxygen atoms in total. The van der Waals surface area contributed by atoms with E-state index in [1.54, 1.807) is 12.4 Å². The van der Waals surface area contributed by atoms with Crippen LogP contribution in [0.5, 0.6) is 0 Å². The van der Waals surface area contributed by atoms with Gasteiger partial charge < -0.3 is 9.88 Å². The first-order chi connectivity index (χ1) is 14.8. The number of para-hydroxylation sites is 1. The molecule has 0 aliphatic carbocycles. The van der Waals surface area contributed by atoms with E-state index in [9.17, 15) is 4.79 Å². The van der Waals surface area contributed by atoms with Crippen LogP contribution in [0.2, 0.25) is 0 Å². The van der Waals surface area contributed by atoms with Crippen LogP contribution in [0.25, 0.3) is 22.5 Å². The molecule has 4 rings (SSSR count). The lowest BCUT2D eigenvalue weighted by Crippen LogP contribution is -2.15. The first-order valence-electron chi connectivity index (χ1n) is 9.67. The van der Waals surface area contributed by atoms with E-state index in [0.29, 0.717) is 6.54 Å². The van der Waals surface area contributed by atoms with Crippen molar-refractivity contribution >= 4 is 23.4 Å². The molecule has 0 aliphatic rings. The van der Waals surface area contributed by atoms with Crippen LogP contribution in [0.3, 0.4) is 0 Å². The molecular formula is C23H21N5OS. The number of pyridine rings is 1. The molecule has 1 amide bonds. The molecule has 2 heterocycles. The van der Waals surface area contributed by atoms with Gasteiger partial charge in [0.2, 0.25) is 5.91 Å². The van der Waals surface area contributed by atoms with Gasteiger partial charge >= 0.3 is 0 Å². The molecular weight excluding hydrogens is 394 g/mol. The van der Waals surface area contributed by atoms with E-state index < -0.39 is 0 Å². The minimum Gasteiger partial charge on any atom is -0.325 e. The van der Waals surface area contributed by atoms with Crippen LogP contribution < -0.4 is 5.32 Å². The van der Waals surface area contributed by atoms with Crippen molar-refractivity contribution in [2.75, 3.05) is 11.1 Å². The fourth-order valence-electron chi connectivity index (χ4n) is 3.17. The van der Waals surface area contributed by atoms with Gasteiger partial charge in [-0.05, 0) is 30.7 Å². The lowest BCUT2D eigenvalue weighted by atomic mass is 10.0. The fourth-order valence-corrected chi connectivity index (χ4v) is 3.98. The van der Waals surface area contributed by atoms with E-state index in [2.05, 4.69) is 20.5 Å². The van der Waals surface area contributed by atoms with Crippen molar-refractivity contribution in [3.8, 4) is 22.5 Å². The Kier molecular flexibility index (Phi) is 6.20. The number of rotatable bonds is 7. The lowest BCUT2D eigenvalue weighted by Gasteiger charge is -2.11. The third-order valence-electron chi connectivity index (χ3n) is 4.59. The van der Waals surface area contributed by atoms with Gasteiger partial charge in [0.1, 0.15) is 0 Å². The van der Waals surface area contributed by atoms with Crippen LogP contribution in [-0.4, -0.2) is 31.4 Å². The normalized spacial score (nSPS) is 10.7. The maximum Gasteiger partial charge on any atom is 0.234 e. The van der Waals surface area contributed by atoms with Gasteiger partial charge in [0.25, 0.3) is 0 Å². The zero-order valence-electron chi connectivity index (χ0n) is 16.5. The summed E-state index contributed by atoms with van der Waals surface area (Å²) in [4.78, 5) is 16.7. The standard InChI is InChI=1S/C23H21N5OS/c1-2-28-22(18-12-14-24-15-13-18)26-27-23(28)30-16-21(29)25-20-11-7-6-10-19(20)17-8-4-3-5-9-17/h3-15H,2,16H2,1H3,(H,25,29). The number of anilines is 1. The summed E-state index contributed by atoms with van der Waals surface area (Å²) in [6.45, 7) is 2.75. The van der Waals surface area contributed by atoms with Gasteiger partial charge in [-0.3, -0.25) is 9.78 Å². The van der Waals surface area contributed by atoms with Crippen molar-refractivity contribution in [2.45, 2.75) is 18.6 Å². The molecule has 7 heteroatoms. The molecule has 0 unspecified atom stereocenters. The second-order valence-electron chi connectivity index (χ2n) is 6.53. The highest BCUT2D eigenvalue weighted by Crippen LogP contribution is 2.28. The highest BCUT2D eigenvalue weighted by Gasteiger charge is 2.15. The first kappa shape index (κ1) is 19.8. The number of nitrogens with one attached hydrogen (secondary N) is 1. The van der Waals surface area contributed by atoms with Crippen LogP contribution in [-0.2, 0) is 11.3 Å². The molecule has 150 valence electrons. The predicted molar refractivity (Wildman–Crippen MR) is 120 cm³/mol. The van der Waals surface area contributed by atoms with Crippen molar-refractivity contribution in [3.05, 3.63) is 79.1 Å². The Morgan fingerprint density at radius 3 is 2.43 bits per heavy atom. The summed E-state index contributed by atoms with van der Waals surface area (Å²) >= 11 is 1.38. The molecule has 4 aromatic rings. The number of carbonyl (C=O) groups excluding carboxylic acids is 1. The summed E-state index contributed by atoms with van der Waals surface area (Å²) in [6.07, 6.45) is 3.46. The van der Waals surface area contributed by atoms with Gasteiger partial charge in [0, 0.05) is 35.8 Å². The van der Waals surface area contributed by atoms with Gasteiger partial charge in [0.15, 0.2) is 11.0 Å². The average molecular weight is 416 g/mol. The van der Waals surface area contributed by atoms with Gasteiger partial charge in [-0.25, -0.2) is 0 Å². The fraction of sp³-hybridized carbons (Fsp3) is 0.130. The molecule has 0 aliphatic heterocycles. The van der Waals surface area contributed by atoms with Gasteiger partial charge in [0.05, 0.1) is 5.75 Å². The van der Waals surface area contributed by atoms with E-state index in [1.165, 1.54) is 11.8 Å². The molecule has 0 atom stereocenters. The molecule has 1 N–H and O–H groups in total. The van der Waals surface area contributed by atoms with Crippen molar-refractivity contribution in [1.29, 1.82) is 0 Å². The Hall–Kier alpha value is -3.45. The summed E-state index contributed by atoms with van der Waals surface area (Å²) < 4.78 is 2.01. The molecule has 30 heavy (non-hydrogen) atoms. The Balaban J connectivity index is 1.46. The Bertz CT molecular complexity index is 1130. The summed E-state index contributed by atoms with van der Waals surface area (Å²) in [7, 11) is 0. The minimum atomic E-state index is -0.0838. The Morgan fingerprint density at radius 2 is 1.67 bits per heavy atom. The lowest BCUT2D eigenvalue weighted by molar-refractivity contribution is -0.113. The maximum atomic E-state index is 12.6. The van der Waals surface area contributed by atoms with Crippen LogP contribution in [0.1, 0.15) is 6.92 Å². The highest BCUT2D eigenvalue weighted by molar-refractivity contribution is 7.99. The van der Waals surface area contributed by atoms with E-state index in [-0.39, 0.29) is 11.7 Å². The Labute approximate surface area is 179 Å². The number of hydrogen-bond acceptors (Lipinski definition) is 5. The third-order valence-corrected chi connectivity index (χ3v) is 5.56. The summed E-state index contributed by atoms with van der Waals surface area (Å²) in [5.74, 6) is 0.939. The van der Waals surface area contributed by atoms with Crippen LogP contribution in [0.4, 0.5) is 5.69 Å². The zero-order valence-corrected chi connectivity index (χ0v) is 17.3. The molecule has 2 aromatic heterocycles. The number of thioether (sulfide) groups is 1. The quantitative estimate of drug-likeness (QED) is 0.441. The second kappa shape index (κ2) is 9.37.